The van der Waals surface area contributed by atoms with E-state index in [1.807, 2.05) is 0 Å². The van der Waals surface area contributed by atoms with Gasteiger partial charge in [-0.3, -0.25) is 0 Å². The molecule has 70 valence electrons. The fraction of sp³-hybridized carbons (Fsp3) is 0.818. The summed E-state index contributed by atoms with van der Waals surface area (Å²) in [6.45, 7) is 2.21. The third-order valence-electron chi connectivity index (χ3n) is 2.64. The van der Waals surface area contributed by atoms with Gasteiger partial charge >= 0.3 is 0 Å². The lowest BCUT2D eigenvalue weighted by Crippen LogP contribution is -2.09. The molecular formula is C11H20O. The van der Waals surface area contributed by atoms with Crippen molar-refractivity contribution in [2.24, 2.45) is 5.92 Å². The molecule has 1 aliphatic rings. The number of hydrogen-bond acceptors (Lipinski definition) is 1. The van der Waals surface area contributed by atoms with Gasteiger partial charge in [-0.25, -0.2) is 0 Å². The fourth-order valence-corrected chi connectivity index (χ4v) is 1.79. The summed E-state index contributed by atoms with van der Waals surface area (Å²) >= 11 is 0. The van der Waals surface area contributed by atoms with Crippen LogP contribution >= 0.6 is 0 Å². The summed E-state index contributed by atoms with van der Waals surface area (Å²) in [4.78, 5) is 0. The van der Waals surface area contributed by atoms with E-state index in [4.69, 9.17) is 0 Å². The average molecular weight is 168 g/mol. The van der Waals surface area contributed by atoms with Gasteiger partial charge in [0.25, 0.3) is 0 Å². The van der Waals surface area contributed by atoms with Gasteiger partial charge in [0.1, 0.15) is 0 Å². The summed E-state index contributed by atoms with van der Waals surface area (Å²) < 4.78 is 0. The summed E-state index contributed by atoms with van der Waals surface area (Å²) in [7, 11) is 0. The molecule has 1 saturated carbocycles. The molecule has 0 saturated heterocycles. The maximum absolute atomic E-state index is 9.49. The third-order valence-corrected chi connectivity index (χ3v) is 2.64. The molecule has 0 bridgehead atoms. The molecule has 12 heavy (non-hydrogen) atoms. The molecule has 1 aliphatic carbocycles. The summed E-state index contributed by atoms with van der Waals surface area (Å²) in [5.41, 5.74) is 0. The molecule has 0 aromatic heterocycles. The van der Waals surface area contributed by atoms with Crippen LogP contribution in [-0.2, 0) is 0 Å². The van der Waals surface area contributed by atoms with Crippen LogP contribution in [0.1, 0.15) is 45.4 Å². The van der Waals surface area contributed by atoms with Crippen molar-refractivity contribution in [3.05, 3.63) is 12.2 Å². The average Bonchev–Trinajstić information content (AvgIpc) is 2.46. The largest absolute Gasteiger partial charge is 0.393 e. The fourth-order valence-electron chi connectivity index (χ4n) is 1.79. The van der Waals surface area contributed by atoms with Crippen LogP contribution in [0, 0.1) is 5.92 Å². The summed E-state index contributed by atoms with van der Waals surface area (Å²) in [5, 5.41) is 9.49. The molecule has 0 unspecified atom stereocenters. The highest BCUT2D eigenvalue weighted by molar-refractivity contribution is 4.94. The van der Waals surface area contributed by atoms with E-state index in [1.54, 1.807) is 0 Å². The lowest BCUT2D eigenvalue weighted by Gasteiger charge is -2.07. The van der Waals surface area contributed by atoms with Crippen LogP contribution in [0.5, 0.6) is 0 Å². The Bertz CT molecular complexity index is 140. The van der Waals surface area contributed by atoms with E-state index in [9.17, 15) is 5.11 Å². The van der Waals surface area contributed by atoms with Crippen LogP contribution in [0.3, 0.4) is 0 Å². The number of rotatable bonds is 4. The smallest absolute Gasteiger partial charge is 0.0602 e. The van der Waals surface area contributed by atoms with Crippen molar-refractivity contribution in [1.82, 2.24) is 0 Å². The Hall–Kier alpha value is -0.300. The van der Waals surface area contributed by atoms with E-state index in [2.05, 4.69) is 19.1 Å². The quantitative estimate of drug-likeness (QED) is 0.505. The van der Waals surface area contributed by atoms with Crippen LogP contribution in [-0.4, -0.2) is 11.2 Å². The maximum atomic E-state index is 9.49. The van der Waals surface area contributed by atoms with Crippen LogP contribution < -0.4 is 0 Å². The molecule has 1 rings (SSSR count). The minimum atomic E-state index is -0.0529. The molecule has 0 radical (unpaired) electrons. The van der Waals surface area contributed by atoms with Crippen molar-refractivity contribution in [3.8, 4) is 0 Å². The molecule has 0 amide bonds. The van der Waals surface area contributed by atoms with E-state index in [0.29, 0.717) is 5.92 Å². The Balaban J connectivity index is 2.16. The monoisotopic (exact) mass is 168 g/mol. The van der Waals surface area contributed by atoms with Crippen LogP contribution in [0.4, 0.5) is 0 Å². The molecule has 0 spiro atoms. The first-order valence-electron chi connectivity index (χ1n) is 5.19. The minimum Gasteiger partial charge on any atom is -0.393 e. The molecule has 0 aromatic carbocycles. The van der Waals surface area contributed by atoms with Crippen molar-refractivity contribution >= 4 is 0 Å². The Kier molecular flexibility index (Phi) is 4.37. The predicted molar refractivity (Wildman–Crippen MR) is 52.0 cm³/mol. The van der Waals surface area contributed by atoms with Crippen molar-refractivity contribution < 1.29 is 5.11 Å². The van der Waals surface area contributed by atoms with E-state index >= 15 is 0 Å². The van der Waals surface area contributed by atoms with Gasteiger partial charge in [-0.2, -0.15) is 0 Å². The molecule has 2 atom stereocenters. The first-order chi connectivity index (χ1) is 5.84. The van der Waals surface area contributed by atoms with Gasteiger partial charge in [-0.1, -0.05) is 38.3 Å². The molecule has 0 heterocycles. The Morgan fingerprint density at radius 2 is 2.25 bits per heavy atom. The van der Waals surface area contributed by atoms with Gasteiger partial charge in [-0.15, -0.1) is 0 Å². The molecule has 1 fully saturated rings. The van der Waals surface area contributed by atoms with E-state index in [1.165, 1.54) is 32.1 Å². The number of unbranched alkanes of at least 4 members (excludes halogenated alkanes) is 2. The zero-order valence-electron chi connectivity index (χ0n) is 8.00. The van der Waals surface area contributed by atoms with Gasteiger partial charge in [-0.05, 0) is 19.3 Å². The van der Waals surface area contributed by atoms with Crippen molar-refractivity contribution in [2.75, 3.05) is 0 Å². The normalized spacial score (nSPS) is 30.2. The van der Waals surface area contributed by atoms with Gasteiger partial charge in [0.2, 0.25) is 0 Å². The standard InChI is InChI=1S/C11H20O/c1-2-3-4-5-7-10-8-6-9-11(10)12/h5,7,10-12H,2-4,6,8-9H2,1H3/b7-5+/t10-,11-/m0/s1. The first kappa shape index (κ1) is 9.79. The molecular weight excluding hydrogens is 148 g/mol. The van der Waals surface area contributed by atoms with Crippen molar-refractivity contribution in [1.29, 1.82) is 0 Å². The molecule has 0 aliphatic heterocycles. The van der Waals surface area contributed by atoms with E-state index in [0.717, 1.165) is 6.42 Å². The maximum Gasteiger partial charge on any atom is 0.0602 e. The van der Waals surface area contributed by atoms with Crippen LogP contribution in [0.25, 0.3) is 0 Å². The second kappa shape index (κ2) is 5.36. The Morgan fingerprint density at radius 3 is 2.83 bits per heavy atom. The van der Waals surface area contributed by atoms with E-state index < -0.39 is 0 Å². The van der Waals surface area contributed by atoms with E-state index in [-0.39, 0.29) is 6.10 Å². The number of hydrogen-bond donors (Lipinski definition) is 1. The summed E-state index contributed by atoms with van der Waals surface area (Å²) in [6, 6.07) is 0. The number of aliphatic hydroxyl groups excluding tert-OH is 1. The van der Waals surface area contributed by atoms with Crippen molar-refractivity contribution in [2.45, 2.75) is 51.6 Å². The topological polar surface area (TPSA) is 20.2 Å². The third kappa shape index (κ3) is 2.98. The molecule has 1 nitrogen and oxygen atoms in total. The minimum absolute atomic E-state index is 0.0529. The second-order valence-corrected chi connectivity index (χ2v) is 3.73. The number of aliphatic hydroxyl groups is 1. The lowest BCUT2D eigenvalue weighted by atomic mass is 10.0. The van der Waals surface area contributed by atoms with Crippen LogP contribution in [0.15, 0.2) is 12.2 Å². The molecule has 1 heteroatoms. The SMILES string of the molecule is CCCC/C=C/[C@H]1CCC[C@@H]1O. The first-order valence-corrected chi connectivity index (χ1v) is 5.19. The summed E-state index contributed by atoms with van der Waals surface area (Å²) in [5.74, 6) is 0.460. The molecule has 0 aromatic rings. The lowest BCUT2D eigenvalue weighted by molar-refractivity contribution is 0.153. The predicted octanol–water partition coefficient (Wildman–Crippen LogP) is 2.89. The highest BCUT2D eigenvalue weighted by Gasteiger charge is 2.21. The zero-order valence-corrected chi connectivity index (χ0v) is 8.00. The van der Waals surface area contributed by atoms with Crippen molar-refractivity contribution in [3.63, 3.8) is 0 Å². The Labute approximate surface area is 75.5 Å². The zero-order chi connectivity index (χ0) is 8.81. The van der Waals surface area contributed by atoms with Gasteiger partial charge in [0.05, 0.1) is 6.10 Å². The Morgan fingerprint density at radius 1 is 1.42 bits per heavy atom. The number of allylic oxidation sites excluding steroid dienone is 1. The van der Waals surface area contributed by atoms with Gasteiger partial charge in [0, 0.05) is 5.92 Å². The summed E-state index contributed by atoms with van der Waals surface area (Å²) in [6.07, 6.45) is 11.5. The van der Waals surface area contributed by atoms with Gasteiger partial charge < -0.3 is 5.11 Å². The highest BCUT2D eigenvalue weighted by atomic mass is 16.3. The van der Waals surface area contributed by atoms with Gasteiger partial charge in [0.15, 0.2) is 0 Å². The second-order valence-electron chi connectivity index (χ2n) is 3.73. The highest BCUT2D eigenvalue weighted by Crippen LogP contribution is 2.26. The molecule has 1 N–H and O–H groups in total. The van der Waals surface area contributed by atoms with Crippen LogP contribution in [0.2, 0.25) is 0 Å².